The van der Waals surface area contributed by atoms with E-state index in [0.29, 0.717) is 24.0 Å². The molecular formula is C26H39NO5S. The van der Waals surface area contributed by atoms with Gasteiger partial charge in [-0.1, -0.05) is 96.3 Å². The molecular weight excluding hydrogens is 438 g/mol. The van der Waals surface area contributed by atoms with Gasteiger partial charge in [0.25, 0.3) is 15.8 Å². The molecule has 0 aromatic heterocycles. The van der Waals surface area contributed by atoms with Gasteiger partial charge in [0.2, 0.25) is 0 Å². The van der Waals surface area contributed by atoms with Gasteiger partial charge in [-0.25, -0.2) is 0 Å². The van der Waals surface area contributed by atoms with Crippen molar-refractivity contribution in [2.45, 2.75) is 109 Å². The summed E-state index contributed by atoms with van der Waals surface area (Å²) in [4.78, 5) is 11.6. The van der Waals surface area contributed by atoms with Gasteiger partial charge < -0.3 is 0 Å². The normalized spacial score (nSPS) is 11.8. The molecule has 33 heavy (non-hydrogen) atoms. The number of fused-ring (bicyclic) bond motifs is 1. The Labute approximate surface area is 198 Å². The molecule has 0 unspecified atom stereocenters. The fourth-order valence-corrected chi connectivity index (χ4v) is 5.69. The van der Waals surface area contributed by atoms with Crippen molar-refractivity contribution in [3.63, 3.8) is 0 Å². The predicted molar refractivity (Wildman–Crippen MR) is 135 cm³/mol. The van der Waals surface area contributed by atoms with Crippen LogP contribution < -0.4 is 0 Å². The standard InChI is InChI=1S/C26H39NO5S/c1-3-5-7-9-11-13-17-21-23(19-14-12-10-8-6-4-2)26(33(30,31)32)24-20-16-15-18-22(24)25(21)27(28)29/h15-16,18,20H,3-14,17,19H2,1-2H3,(H,30,31,32). The van der Waals surface area contributed by atoms with Crippen LogP contribution in [0.4, 0.5) is 5.69 Å². The third-order valence-electron chi connectivity index (χ3n) is 6.35. The summed E-state index contributed by atoms with van der Waals surface area (Å²) in [5.74, 6) is 0. The van der Waals surface area contributed by atoms with E-state index in [4.69, 9.17) is 0 Å². The lowest BCUT2D eigenvalue weighted by molar-refractivity contribution is -0.383. The van der Waals surface area contributed by atoms with Gasteiger partial charge in [0.1, 0.15) is 4.90 Å². The molecule has 0 aliphatic rings. The summed E-state index contributed by atoms with van der Waals surface area (Å²) in [7, 11) is -4.54. The smallest absolute Gasteiger partial charge is 0.282 e. The van der Waals surface area contributed by atoms with E-state index < -0.39 is 10.1 Å². The van der Waals surface area contributed by atoms with Crippen LogP contribution in [0.3, 0.4) is 0 Å². The van der Waals surface area contributed by atoms with Crippen LogP contribution in [0.25, 0.3) is 10.8 Å². The van der Waals surface area contributed by atoms with Crippen molar-refractivity contribution < 1.29 is 17.9 Å². The van der Waals surface area contributed by atoms with Gasteiger partial charge in [-0.05, 0) is 37.3 Å². The van der Waals surface area contributed by atoms with E-state index in [1.54, 1.807) is 24.3 Å². The topological polar surface area (TPSA) is 97.5 Å². The molecule has 0 spiro atoms. The minimum absolute atomic E-state index is 0.00691. The monoisotopic (exact) mass is 477 g/mol. The van der Waals surface area contributed by atoms with Crippen molar-refractivity contribution in [3.05, 3.63) is 45.5 Å². The highest BCUT2D eigenvalue weighted by Gasteiger charge is 2.30. The first kappa shape index (κ1) is 27.3. The molecule has 184 valence electrons. The van der Waals surface area contributed by atoms with E-state index >= 15 is 0 Å². The van der Waals surface area contributed by atoms with E-state index in [-0.39, 0.29) is 26.3 Å². The molecule has 0 saturated heterocycles. The molecule has 1 N–H and O–H groups in total. The van der Waals surface area contributed by atoms with Crippen molar-refractivity contribution in [3.8, 4) is 0 Å². The summed E-state index contributed by atoms with van der Waals surface area (Å²) in [6.07, 6.45) is 13.3. The van der Waals surface area contributed by atoms with Crippen LogP contribution >= 0.6 is 0 Å². The van der Waals surface area contributed by atoms with Crippen molar-refractivity contribution in [1.82, 2.24) is 0 Å². The summed E-state index contributed by atoms with van der Waals surface area (Å²) in [6.45, 7) is 4.31. The minimum atomic E-state index is -4.54. The first-order valence-corrected chi connectivity index (χ1v) is 13.9. The van der Waals surface area contributed by atoms with Crippen LogP contribution in [0.5, 0.6) is 0 Å². The maximum absolute atomic E-state index is 12.5. The van der Waals surface area contributed by atoms with E-state index in [0.717, 1.165) is 64.2 Å². The Bertz CT molecular complexity index is 1020. The van der Waals surface area contributed by atoms with Crippen LogP contribution in [-0.2, 0) is 23.0 Å². The quantitative estimate of drug-likeness (QED) is 0.115. The zero-order valence-electron chi connectivity index (χ0n) is 20.1. The lowest BCUT2D eigenvalue weighted by Crippen LogP contribution is -2.11. The van der Waals surface area contributed by atoms with Gasteiger partial charge in [-0.2, -0.15) is 8.42 Å². The highest BCUT2D eigenvalue weighted by Crippen LogP contribution is 2.40. The van der Waals surface area contributed by atoms with Gasteiger partial charge in [0.05, 0.1) is 10.3 Å². The number of rotatable bonds is 16. The SMILES string of the molecule is CCCCCCCCc1c(CCCCCCCC)c(S(=O)(=O)O)c2ccccc2c1[N+](=O)[O-]. The Kier molecular flexibility index (Phi) is 11.3. The third-order valence-corrected chi connectivity index (χ3v) is 7.33. The molecule has 0 amide bonds. The van der Waals surface area contributed by atoms with Crippen LogP contribution in [0.1, 0.15) is 102 Å². The maximum atomic E-state index is 12.5. The number of nitrogens with zero attached hydrogens (tertiary/aromatic N) is 1. The third kappa shape index (κ3) is 7.78. The highest BCUT2D eigenvalue weighted by molar-refractivity contribution is 7.86. The Morgan fingerprint density at radius 1 is 0.758 bits per heavy atom. The van der Waals surface area contributed by atoms with Gasteiger partial charge in [-0.3, -0.25) is 14.7 Å². The van der Waals surface area contributed by atoms with Crippen molar-refractivity contribution in [2.24, 2.45) is 0 Å². The molecule has 0 saturated carbocycles. The van der Waals surface area contributed by atoms with Crippen molar-refractivity contribution in [2.75, 3.05) is 0 Å². The number of benzene rings is 2. The van der Waals surface area contributed by atoms with Crippen LogP contribution in [0.15, 0.2) is 29.2 Å². The summed E-state index contributed by atoms with van der Waals surface area (Å²) in [5, 5.41) is 12.7. The number of hydrogen-bond acceptors (Lipinski definition) is 4. The molecule has 0 atom stereocenters. The fourth-order valence-electron chi connectivity index (χ4n) is 4.69. The van der Waals surface area contributed by atoms with E-state index in [2.05, 4.69) is 13.8 Å². The Balaban J connectivity index is 2.49. The Hall–Kier alpha value is -1.99. The predicted octanol–water partition coefficient (Wildman–Crippen LogP) is 7.80. The molecule has 0 bridgehead atoms. The van der Waals surface area contributed by atoms with E-state index in [1.165, 1.54) is 12.8 Å². The second kappa shape index (κ2) is 13.7. The summed E-state index contributed by atoms with van der Waals surface area (Å²) in [6, 6.07) is 6.47. The van der Waals surface area contributed by atoms with Crippen molar-refractivity contribution in [1.29, 1.82) is 0 Å². The molecule has 0 aliphatic carbocycles. The summed E-state index contributed by atoms with van der Waals surface area (Å²) < 4.78 is 35.2. The maximum Gasteiger partial charge on any atom is 0.295 e. The molecule has 2 aromatic rings. The average Bonchev–Trinajstić information content (AvgIpc) is 2.76. The molecule has 7 heteroatoms. The number of nitro benzene ring substituents is 1. The second-order valence-corrected chi connectivity index (χ2v) is 10.3. The van der Waals surface area contributed by atoms with E-state index in [1.807, 2.05) is 0 Å². The molecule has 0 aliphatic heterocycles. The zero-order valence-corrected chi connectivity index (χ0v) is 21.0. The van der Waals surface area contributed by atoms with Crippen molar-refractivity contribution >= 4 is 26.6 Å². The first-order chi connectivity index (χ1) is 15.8. The molecule has 2 aromatic carbocycles. The molecule has 2 rings (SSSR count). The second-order valence-electron chi connectivity index (χ2n) is 8.95. The molecule has 0 radical (unpaired) electrons. The molecule has 6 nitrogen and oxygen atoms in total. The van der Waals surface area contributed by atoms with E-state index in [9.17, 15) is 23.1 Å². The lowest BCUT2D eigenvalue weighted by Gasteiger charge is -2.17. The molecule has 0 heterocycles. The van der Waals surface area contributed by atoms with Crippen LogP contribution in [0, 0.1) is 10.1 Å². The highest BCUT2D eigenvalue weighted by atomic mass is 32.2. The van der Waals surface area contributed by atoms with Gasteiger partial charge >= 0.3 is 0 Å². The minimum Gasteiger partial charge on any atom is -0.282 e. The Morgan fingerprint density at radius 3 is 1.70 bits per heavy atom. The summed E-state index contributed by atoms with van der Waals surface area (Å²) >= 11 is 0. The summed E-state index contributed by atoms with van der Waals surface area (Å²) in [5.41, 5.74) is 0.912. The van der Waals surface area contributed by atoms with Gasteiger partial charge in [0, 0.05) is 10.9 Å². The van der Waals surface area contributed by atoms with Gasteiger partial charge in [-0.15, -0.1) is 0 Å². The lowest BCUT2D eigenvalue weighted by atomic mass is 9.91. The Morgan fingerprint density at radius 2 is 1.21 bits per heavy atom. The average molecular weight is 478 g/mol. The largest absolute Gasteiger partial charge is 0.295 e. The van der Waals surface area contributed by atoms with Crippen LogP contribution in [-0.4, -0.2) is 17.9 Å². The molecule has 0 fully saturated rings. The number of nitro groups is 1. The first-order valence-electron chi connectivity index (χ1n) is 12.5. The number of unbranched alkanes of at least 4 members (excludes halogenated alkanes) is 10. The zero-order chi connectivity index (χ0) is 24.3. The number of hydrogen-bond donors (Lipinski definition) is 1. The van der Waals surface area contributed by atoms with Crippen LogP contribution in [0.2, 0.25) is 0 Å². The van der Waals surface area contributed by atoms with Gasteiger partial charge in [0.15, 0.2) is 0 Å². The fraction of sp³-hybridized carbons (Fsp3) is 0.615.